The molecule has 1 rings (SSSR count). The average molecular weight is 231 g/mol. The molecule has 4 heteroatoms. The van der Waals surface area contributed by atoms with Crippen LogP contribution in [0.2, 0.25) is 10.0 Å². The van der Waals surface area contributed by atoms with Gasteiger partial charge in [0.1, 0.15) is 6.61 Å². The molecule has 14 heavy (non-hydrogen) atoms. The molecule has 1 aromatic rings. The highest BCUT2D eigenvalue weighted by molar-refractivity contribution is 6.35. The molecule has 0 amide bonds. The number of carbonyl (C=O) groups excluding carboxylic acids is 1. The normalized spacial score (nSPS) is 9.57. The van der Waals surface area contributed by atoms with Crippen LogP contribution in [0.15, 0.2) is 30.9 Å². The summed E-state index contributed by atoms with van der Waals surface area (Å²) in [6, 6.07) is 4.62. The fourth-order valence-corrected chi connectivity index (χ4v) is 1.23. The topological polar surface area (TPSA) is 26.3 Å². The van der Waals surface area contributed by atoms with Gasteiger partial charge in [-0.05, 0) is 18.2 Å². The van der Waals surface area contributed by atoms with E-state index in [0.717, 1.165) is 0 Å². The Bertz CT molecular complexity index is 361. The van der Waals surface area contributed by atoms with E-state index in [-0.39, 0.29) is 12.2 Å². The van der Waals surface area contributed by atoms with Gasteiger partial charge in [0.2, 0.25) is 0 Å². The maximum absolute atomic E-state index is 11.4. The summed E-state index contributed by atoms with van der Waals surface area (Å²) in [6.07, 6.45) is 1.48. The molecule has 0 unspecified atom stereocenters. The molecule has 0 spiro atoms. The molecule has 0 heterocycles. The molecule has 0 aliphatic carbocycles. The Labute approximate surface area is 92.1 Å². The van der Waals surface area contributed by atoms with Crippen molar-refractivity contribution in [1.82, 2.24) is 0 Å². The maximum atomic E-state index is 11.4. The first-order valence-electron chi connectivity index (χ1n) is 3.88. The molecule has 0 saturated carbocycles. The Morgan fingerprint density at radius 2 is 2.21 bits per heavy atom. The second kappa shape index (κ2) is 5.03. The Hall–Kier alpha value is -0.990. The maximum Gasteiger partial charge on any atom is 0.340 e. The fraction of sp³-hybridized carbons (Fsp3) is 0.100. The van der Waals surface area contributed by atoms with Gasteiger partial charge in [-0.2, -0.15) is 0 Å². The van der Waals surface area contributed by atoms with Gasteiger partial charge in [-0.25, -0.2) is 4.79 Å². The second-order valence-electron chi connectivity index (χ2n) is 2.51. The van der Waals surface area contributed by atoms with Crippen molar-refractivity contribution in [2.24, 2.45) is 0 Å². The molecule has 0 saturated heterocycles. The molecule has 0 N–H and O–H groups in total. The summed E-state index contributed by atoms with van der Waals surface area (Å²) in [5.41, 5.74) is 0.265. The average Bonchev–Trinajstić information content (AvgIpc) is 2.18. The lowest BCUT2D eigenvalue weighted by molar-refractivity contribution is 0.0550. The number of benzene rings is 1. The molecule has 0 aliphatic rings. The van der Waals surface area contributed by atoms with E-state index in [2.05, 4.69) is 6.58 Å². The SMILES string of the molecule is C=CCOC(=O)c1cc(Cl)ccc1Cl. The zero-order chi connectivity index (χ0) is 10.6. The standard InChI is InChI=1S/C10H8Cl2O2/c1-2-5-14-10(13)8-6-7(11)3-4-9(8)12/h2-4,6H,1,5H2. The van der Waals surface area contributed by atoms with Gasteiger partial charge in [0.15, 0.2) is 0 Å². The molecule has 2 nitrogen and oxygen atoms in total. The second-order valence-corrected chi connectivity index (χ2v) is 3.35. The molecule has 0 atom stereocenters. The number of rotatable bonds is 3. The van der Waals surface area contributed by atoms with Gasteiger partial charge in [-0.3, -0.25) is 0 Å². The number of halogens is 2. The van der Waals surface area contributed by atoms with Crippen molar-refractivity contribution in [3.63, 3.8) is 0 Å². The van der Waals surface area contributed by atoms with Crippen LogP contribution in [0.4, 0.5) is 0 Å². The van der Waals surface area contributed by atoms with Crippen LogP contribution < -0.4 is 0 Å². The number of esters is 1. The Kier molecular flexibility index (Phi) is 3.98. The Balaban J connectivity index is 2.88. The van der Waals surface area contributed by atoms with Gasteiger partial charge in [0.05, 0.1) is 10.6 Å². The highest BCUT2D eigenvalue weighted by Crippen LogP contribution is 2.21. The largest absolute Gasteiger partial charge is 0.458 e. The smallest absolute Gasteiger partial charge is 0.340 e. The zero-order valence-corrected chi connectivity index (χ0v) is 8.81. The van der Waals surface area contributed by atoms with Crippen LogP contribution in [-0.4, -0.2) is 12.6 Å². The minimum atomic E-state index is -0.502. The van der Waals surface area contributed by atoms with Crippen molar-refractivity contribution in [1.29, 1.82) is 0 Å². The first-order chi connectivity index (χ1) is 6.65. The van der Waals surface area contributed by atoms with E-state index in [1.807, 2.05) is 0 Å². The highest BCUT2D eigenvalue weighted by atomic mass is 35.5. The third kappa shape index (κ3) is 2.76. The molecule has 74 valence electrons. The number of ether oxygens (including phenoxy) is 1. The van der Waals surface area contributed by atoms with Crippen LogP contribution in [0.5, 0.6) is 0 Å². The minimum absolute atomic E-state index is 0.154. The molecular formula is C10H8Cl2O2. The Morgan fingerprint density at radius 3 is 2.86 bits per heavy atom. The van der Waals surface area contributed by atoms with Crippen molar-refractivity contribution in [2.75, 3.05) is 6.61 Å². The van der Waals surface area contributed by atoms with Crippen LogP contribution in [0, 0.1) is 0 Å². The van der Waals surface area contributed by atoms with Crippen molar-refractivity contribution < 1.29 is 9.53 Å². The van der Waals surface area contributed by atoms with Gasteiger partial charge < -0.3 is 4.74 Å². The van der Waals surface area contributed by atoms with Gasteiger partial charge >= 0.3 is 5.97 Å². The van der Waals surface area contributed by atoms with Gasteiger partial charge in [0.25, 0.3) is 0 Å². The summed E-state index contributed by atoms with van der Waals surface area (Å²) >= 11 is 11.5. The monoisotopic (exact) mass is 230 g/mol. The van der Waals surface area contributed by atoms with E-state index in [1.54, 1.807) is 12.1 Å². The van der Waals surface area contributed by atoms with E-state index in [0.29, 0.717) is 10.0 Å². The molecule has 1 aromatic carbocycles. The van der Waals surface area contributed by atoms with Crippen molar-refractivity contribution in [3.05, 3.63) is 46.5 Å². The van der Waals surface area contributed by atoms with Crippen molar-refractivity contribution in [3.8, 4) is 0 Å². The van der Waals surface area contributed by atoms with Gasteiger partial charge in [0, 0.05) is 5.02 Å². The van der Waals surface area contributed by atoms with E-state index in [9.17, 15) is 4.79 Å². The number of carbonyl (C=O) groups is 1. The van der Waals surface area contributed by atoms with Gasteiger partial charge in [-0.15, -0.1) is 0 Å². The lowest BCUT2D eigenvalue weighted by Crippen LogP contribution is -2.05. The molecule has 0 radical (unpaired) electrons. The molecule has 0 aliphatic heterocycles. The predicted octanol–water partition coefficient (Wildman–Crippen LogP) is 3.34. The first kappa shape index (κ1) is 11.1. The zero-order valence-electron chi connectivity index (χ0n) is 7.30. The van der Waals surface area contributed by atoms with Crippen molar-refractivity contribution in [2.45, 2.75) is 0 Å². The summed E-state index contributed by atoms with van der Waals surface area (Å²) < 4.78 is 4.81. The van der Waals surface area contributed by atoms with Crippen LogP contribution in [0.3, 0.4) is 0 Å². The van der Waals surface area contributed by atoms with Crippen LogP contribution in [0.25, 0.3) is 0 Å². The van der Waals surface area contributed by atoms with Crippen LogP contribution in [-0.2, 0) is 4.74 Å². The summed E-state index contributed by atoms with van der Waals surface area (Å²) in [7, 11) is 0. The van der Waals surface area contributed by atoms with Gasteiger partial charge in [-0.1, -0.05) is 35.9 Å². The van der Waals surface area contributed by atoms with E-state index in [1.165, 1.54) is 12.1 Å². The quantitative estimate of drug-likeness (QED) is 0.589. The number of hydrogen-bond donors (Lipinski definition) is 0. The fourth-order valence-electron chi connectivity index (χ4n) is 0.866. The lowest BCUT2D eigenvalue weighted by Gasteiger charge is -2.03. The summed E-state index contributed by atoms with van der Waals surface area (Å²) in [5.74, 6) is -0.502. The molecule has 0 fully saturated rings. The minimum Gasteiger partial charge on any atom is -0.458 e. The summed E-state index contributed by atoms with van der Waals surface area (Å²) in [4.78, 5) is 11.4. The molecule has 0 aromatic heterocycles. The Morgan fingerprint density at radius 1 is 1.50 bits per heavy atom. The number of hydrogen-bond acceptors (Lipinski definition) is 2. The predicted molar refractivity (Wildman–Crippen MR) is 56.9 cm³/mol. The first-order valence-corrected chi connectivity index (χ1v) is 4.64. The summed E-state index contributed by atoms with van der Waals surface area (Å²) in [6.45, 7) is 3.58. The van der Waals surface area contributed by atoms with E-state index < -0.39 is 5.97 Å². The third-order valence-electron chi connectivity index (χ3n) is 1.48. The van der Waals surface area contributed by atoms with E-state index >= 15 is 0 Å². The van der Waals surface area contributed by atoms with E-state index in [4.69, 9.17) is 27.9 Å². The summed E-state index contributed by atoms with van der Waals surface area (Å²) in [5, 5.41) is 0.767. The molecule has 0 bridgehead atoms. The lowest BCUT2D eigenvalue weighted by atomic mass is 10.2. The third-order valence-corrected chi connectivity index (χ3v) is 2.05. The van der Waals surface area contributed by atoms with Crippen molar-refractivity contribution >= 4 is 29.2 Å². The van der Waals surface area contributed by atoms with Crippen LogP contribution >= 0.6 is 23.2 Å². The molecular weight excluding hydrogens is 223 g/mol. The van der Waals surface area contributed by atoms with Crippen LogP contribution in [0.1, 0.15) is 10.4 Å². The highest BCUT2D eigenvalue weighted by Gasteiger charge is 2.11.